The molecule has 4 aromatic rings. The molecule has 4 nitrogen and oxygen atoms in total. The Morgan fingerprint density at radius 3 is 2.44 bits per heavy atom. The van der Waals surface area contributed by atoms with E-state index in [2.05, 4.69) is 54.0 Å². The zero-order valence-corrected chi connectivity index (χ0v) is 18.6. The highest BCUT2D eigenvalue weighted by Crippen LogP contribution is 2.46. The van der Waals surface area contributed by atoms with Gasteiger partial charge in [-0.2, -0.15) is 0 Å². The number of halogens is 1. The van der Waals surface area contributed by atoms with Crippen LogP contribution in [0.4, 0.5) is 4.39 Å². The molecule has 1 aliphatic rings. The Hall–Kier alpha value is -3.02. The highest BCUT2D eigenvalue weighted by molar-refractivity contribution is 5.94. The second kappa shape index (κ2) is 7.84. The van der Waals surface area contributed by atoms with Crippen LogP contribution in [0.15, 0.2) is 67.0 Å². The monoisotopic (exact) mass is 429 g/mol. The normalized spacial score (nSPS) is 24.2. The fourth-order valence-corrected chi connectivity index (χ4v) is 5.48. The van der Waals surface area contributed by atoms with Crippen LogP contribution in [0.1, 0.15) is 19.4 Å². The molecule has 164 valence electrons. The number of nitrogens with zero attached hydrogens (tertiary/aromatic N) is 2. The first-order chi connectivity index (χ1) is 15.4. The molecule has 0 bridgehead atoms. The summed E-state index contributed by atoms with van der Waals surface area (Å²) in [6, 6.07) is 18.1. The minimum Gasteiger partial charge on any atom is -0.384 e. The van der Waals surface area contributed by atoms with Crippen molar-refractivity contribution in [3.8, 4) is 22.3 Å². The van der Waals surface area contributed by atoms with E-state index in [1.807, 2.05) is 36.4 Å². The lowest BCUT2D eigenvalue weighted by molar-refractivity contribution is -0.107. The maximum absolute atomic E-state index is 14.6. The molecular formula is C27H28FN3O. The average Bonchev–Trinajstić information content (AvgIpc) is 3.18. The van der Waals surface area contributed by atoms with Crippen LogP contribution >= 0.6 is 0 Å². The maximum atomic E-state index is 14.6. The molecule has 0 spiro atoms. The predicted octanol–water partition coefficient (Wildman–Crippen LogP) is 5.44. The van der Waals surface area contributed by atoms with Gasteiger partial charge in [0.2, 0.25) is 0 Å². The van der Waals surface area contributed by atoms with Crippen molar-refractivity contribution >= 4 is 11.0 Å². The first-order valence-corrected chi connectivity index (χ1v) is 11.1. The largest absolute Gasteiger partial charge is 0.384 e. The second-order valence-corrected chi connectivity index (χ2v) is 9.19. The molecule has 1 aliphatic heterocycles. The number of nitrogens with one attached hydrogen (secondary N) is 1. The lowest BCUT2D eigenvalue weighted by atomic mass is 9.68. The van der Waals surface area contributed by atoms with Crippen molar-refractivity contribution in [1.82, 2.24) is 14.9 Å². The summed E-state index contributed by atoms with van der Waals surface area (Å²) >= 11 is 0. The van der Waals surface area contributed by atoms with Gasteiger partial charge in [-0.3, -0.25) is 0 Å². The summed E-state index contributed by atoms with van der Waals surface area (Å²) in [5, 5.41) is 12.6. The molecule has 5 rings (SSSR count). The zero-order valence-electron chi connectivity index (χ0n) is 18.6. The third-order valence-corrected chi connectivity index (χ3v) is 7.05. The number of piperidine rings is 1. The Morgan fingerprint density at radius 1 is 1.00 bits per heavy atom. The zero-order chi connectivity index (χ0) is 22.5. The number of likely N-dealkylation sites (tertiary alicyclic amines) is 1. The van der Waals surface area contributed by atoms with Crippen molar-refractivity contribution in [3.63, 3.8) is 0 Å². The molecule has 0 amide bonds. The predicted molar refractivity (Wildman–Crippen MR) is 127 cm³/mol. The van der Waals surface area contributed by atoms with Crippen molar-refractivity contribution in [1.29, 1.82) is 0 Å². The molecule has 32 heavy (non-hydrogen) atoms. The molecule has 0 saturated carbocycles. The van der Waals surface area contributed by atoms with E-state index in [9.17, 15) is 9.50 Å². The molecule has 3 heterocycles. The highest BCUT2D eigenvalue weighted by Gasteiger charge is 2.46. The van der Waals surface area contributed by atoms with Crippen LogP contribution in [0, 0.1) is 17.7 Å². The molecule has 1 fully saturated rings. The van der Waals surface area contributed by atoms with Crippen LogP contribution in [0.5, 0.6) is 0 Å². The third-order valence-electron chi connectivity index (χ3n) is 7.05. The van der Waals surface area contributed by atoms with E-state index in [-0.39, 0.29) is 17.7 Å². The number of hydrogen-bond donors (Lipinski definition) is 2. The lowest BCUT2D eigenvalue weighted by Crippen LogP contribution is -2.53. The Balaban J connectivity index is 1.74. The third kappa shape index (κ3) is 3.24. The first-order valence-electron chi connectivity index (χ1n) is 11.1. The molecule has 0 aliphatic carbocycles. The number of pyridine rings is 1. The van der Waals surface area contributed by atoms with Gasteiger partial charge in [-0.05, 0) is 47.0 Å². The number of aromatic amines is 1. The Kier molecular flexibility index (Phi) is 5.11. The van der Waals surface area contributed by atoms with Crippen LogP contribution < -0.4 is 0 Å². The SMILES string of the molecule is CC1CN(C)CC(C)C1(O)c1ccc(-c2ccnc3[nH]cc(F)c23)cc1-c1ccccc1. The summed E-state index contributed by atoms with van der Waals surface area (Å²) in [6.45, 7) is 5.90. The molecule has 2 N–H and O–H groups in total. The van der Waals surface area contributed by atoms with E-state index in [4.69, 9.17) is 0 Å². The Morgan fingerprint density at radius 2 is 1.72 bits per heavy atom. The van der Waals surface area contributed by atoms with Gasteiger partial charge in [0.1, 0.15) is 5.65 Å². The minimum atomic E-state index is -0.955. The van der Waals surface area contributed by atoms with Crippen molar-refractivity contribution in [2.45, 2.75) is 19.4 Å². The number of fused-ring (bicyclic) bond motifs is 1. The molecule has 2 aromatic carbocycles. The van der Waals surface area contributed by atoms with Crippen molar-refractivity contribution in [2.24, 2.45) is 11.8 Å². The van der Waals surface area contributed by atoms with Crippen LogP contribution in [0.2, 0.25) is 0 Å². The summed E-state index contributed by atoms with van der Waals surface area (Å²) in [7, 11) is 2.11. The smallest absolute Gasteiger partial charge is 0.150 e. The van der Waals surface area contributed by atoms with Gasteiger partial charge in [-0.15, -0.1) is 0 Å². The van der Waals surface area contributed by atoms with Crippen molar-refractivity contribution in [3.05, 3.63) is 78.4 Å². The molecule has 0 radical (unpaired) electrons. The molecule has 2 unspecified atom stereocenters. The van der Waals surface area contributed by atoms with Gasteiger partial charge in [-0.1, -0.05) is 56.3 Å². The van der Waals surface area contributed by atoms with Crippen molar-refractivity contribution < 1.29 is 9.50 Å². The van der Waals surface area contributed by atoms with Gasteiger partial charge in [0.25, 0.3) is 0 Å². The van der Waals surface area contributed by atoms with Crippen LogP contribution in [0.3, 0.4) is 0 Å². The topological polar surface area (TPSA) is 52.1 Å². The Bertz CT molecular complexity index is 1250. The average molecular weight is 430 g/mol. The van der Waals surface area contributed by atoms with E-state index in [1.54, 1.807) is 6.20 Å². The number of H-pyrrole nitrogens is 1. The molecule has 1 saturated heterocycles. The van der Waals surface area contributed by atoms with E-state index >= 15 is 0 Å². The second-order valence-electron chi connectivity index (χ2n) is 9.19. The number of rotatable bonds is 3. The van der Waals surface area contributed by atoms with E-state index in [0.29, 0.717) is 11.0 Å². The van der Waals surface area contributed by atoms with E-state index in [0.717, 1.165) is 40.9 Å². The van der Waals surface area contributed by atoms with Crippen LogP contribution in [-0.4, -0.2) is 40.1 Å². The fourth-order valence-electron chi connectivity index (χ4n) is 5.48. The fraction of sp³-hybridized carbons (Fsp3) is 0.296. The first kappa shape index (κ1) is 20.9. The van der Waals surface area contributed by atoms with Gasteiger partial charge in [0, 0.05) is 37.3 Å². The number of hydrogen-bond acceptors (Lipinski definition) is 3. The van der Waals surface area contributed by atoms with Gasteiger partial charge >= 0.3 is 0 Å². The number of benzene rings is 2. The van der Waals surface area contributed by atoms with Gasteiger partial charge < -0.3 is 15.0 Å². The van der Waals surface area contributed by atoms with Crippen LogP contribution in [0.25, 0.3) is 33.3 Å². The summed E-state index contributed by atoms with van der Waals surface area (Å²) in [4.78, 5) is 9.44. The lowest BCUT2D eigenvalue weighted by Gasteiger charge is -2.48. The summed E-state index contributed by atoms with van der Waals surface area (Å²) in [6.07, 6.45) is 3.04. The molecular weight excluding hydrogens is 401 g/mol. The minimum absolute atomic E-state index is 0.0688. The molecule has 5 heteroatoms. The summed E-state index contributed by atoms with van der Waals surface area (Å²) < 4.78 is 14.6. The van der Waals surface area contributed by atoms with E-state index in [1.165, 1.54) is 6.20 Å². The molecule has 2 aromatic heterocycles. The molecule has 2 atom stereocenters. The summed E-state index contributed by atoms with van der Waals surface area (Å²) in [5.41, 5.74) is 4.21. The number of aromatic nitrogens is 2. The quantitative estimate of drug-likeness (QED) is 0.456. The summed E-state index contributed by atoms with van der Waals surface area (Å²) in [5.74, 6) is -0.178. The van der Waals surface area contributed by atoms with E-state index < -0.39 is 5.60 Å². The van der Waals surface area contributed by atoms with Crippen molar-refractivity contribution in [2.75, 3.05) is 20.1 Å². The van der Waals surface area contributed by atoms with Gasteiger partial charge in [-0.25, -0.2) is 9.37 Å². The highest BCUT2D eigenvalue weighted by atomic mass is 19.1. The van der Waals surface area contributed by atoms with Gasteiger partial charge in [0.05, 0.1) is 11.0 Å². The Labute approximate surface area is 187 Å². The van der Waals surface area contributed by atoms with Crippen LogP contribution in [-0.2, 0) is 5.60 Å². The standard InChI is InChI=1S/C27H28FN3O/c1-17-15-31(3)16-18(2)27(17,32)23-10-9-20(13-22(23)19-7-5-4-6-8-19)21-11-12-29-26-25(21)24(28)14-30-26/h4-14,17-18,32H,15-16H2,1-3H3,(H,29,30). The maximum Gasteiger partial charge on any atom is 0.150 e. The van der Waals surface area contributed by atoms with Gasteiger partial charge in [0.15, 0.2) is 5.82 Å². The number of aliphatic hydroxyl groups is 1.